The molecule has 0 aliphatic heterocycles. The van der Waals surface area contributed by atoms with Gasteiger partial charge in [0.05, 0.1) is 0 Å². The zero-order valence-corrected chi connectivity index (χ0v) is 35.9. The molecule has 2 aliphatic carbocycles. The fourth-order valence-electron chi connectivity index (χ4n) is 9.27. The third-order valence-corrected chi connectivity index (χ3v) is 15.8. The summed E-state index contributed by atoms with van der Waals surface area (Å²) in [5.74, 6) is 0.172. The molecule has 263 valence electrons. The van der Waals surface area contributed by atoms with Crippen molar-refractivity contribution >= 4 is 49.7 Å². The van der Waals surface area contributed by atoms with Gasteiger partial charge in [0.2, 0.25) is 0 Å². The summed E-state index contributed by atoms with van der Waals surface area (Å²) in [6.45, 7) is 7.04. The zero-order chi connectivity index (χ0) is 35.8. The van der Waals surface area contributed by atoms with Gasteiger partial charge in [0, 0.05) is 0 Å². The Morgan fingerprint density at radius 3 is 1.85 bits per heavy atom. The second-order valence-electron chi connectivity index (χ2n) is 14.7. The predicted molar refractivity (Wildman–Crippen MR) is 223 cm³/mol. The van der Waals surface area contributed by atoms with Gasteiger partial charge >= 0.3 is 324 Å². The van der Waals surface area contributed by atoms with Crippen molar-refractivity contribution in [3.63, 3.8) is 0 Å². The Morgan fingerprint density at radius 2 is 1.15 bits per heavy atom. The van der Waals surface area contributed by atoms with E-state index in [2.05, 4.69) is 185 Å². The normalized spacial score (nSPS) is 13.8. The molecule has 55 heavy (non-hydrogen) atoms. The average Bonchev–Trinajstić information content (AvgIpc) is 3.67. The van der Waals surface area contributed by atoms with Gasteiger partial charge in [-0.05, 0) is 0 Å². The largest absolute Gasteiger partial charge is 1.00 e. The summed E-state index contributed by atoms with van der Waals surface area (Å²) in [5.41, 5.74) is 15.3. The molecule has 0 fully saturated rings. The summed E-state index contributed by atoms with van der Waals surface area (Å²) in [5, 5.41) is 9.54. The minimum Gasteiger partial charge on any atom is -1.00 e. The molecule has 8 aromatic rings. The van der Waals surface area contributed by atoms with E-state index < -0.39 is 8.41 Å². The predicted octanol–water partition coefficient (Wildman–Crippen LogP) is 4.66. The van der Waals surface area contributed by atoms with Crippen molar-refractivity contribution in [3.8, 4) is 22.3 Å². The van der Waals surface area contributed by atoms with Crippen molar-refractivity contribution in [2.24, 2.45) is 0 Å². The van der Waals surface area contributed by atoms with Crippen molar-refractivity contribution in [2.75, 3.05) is 0 Å². The summed E-state index contributed by atoms with van der Waals surface area (Å²) in [6.07, 6.45) is 2.51. The van der Waals surface area contributed by atoms with Gasteiger partial charge < -0.3 is 24.8 Å². The van der Waals surface area contributed by atoms with Gasteiger partial charge in [-0.2, -0.15) is 0 Å². The third-order valence-electron chi connectivity index (χ3n) is 11.6. The average molecular weight is 840 g/mol. The molecule has 4 heteroatoms. The molecule has 0 aromatic heterocycles. The maximum Gasteiger partial charge on any atom is -1.00 e. The minimum atomic E-state index is -1.32. The maximum absolute atomic E-state index is 2.60. The quantitative estimate of drug-likeness (QED) is 0.179. The summed E-state index contributed by atoms with van der Waals surface area (Å²) >= 11 is 1.47. The van der Waals surface area contributed by atoms with E-state index >= 15 is 0 Å². The summed E-state index contributed by atoms with van der Waals surface area (Å²) in [6, 6.07) is 59.5. The molecule has 1 atom stereocenters. The third kappa shape index (κ3) is 6.01. The summed E-state index contributed by atoms with van der Waals surface area (Å²) in [4.78, 5) is 1.50. The van der Waals surface area contributed by atoms with E-state index in [4.69, 9.17) is 0 Å². The van der Waals surface area contributed by atoms with E-state index in [0.29, 0.717) is 0 Å². The van der Waals surface area contributed by atoms with Crippen LogP contribution in [0.1, 0.15) is 46.2 Å². The van der Waals surface area contributed by atoms with Crippen LogP contribution in [0.25, 0.3) is 53.2 Å². The maximum atomic E-state index is 2.60. The number of halogens is 2. The number of allylic oxidation sites excluding steroid dienone is 1. The van der Waals surface area contributed by atoms with Gasteiger partial charge in [0.1, 0.15) is 0 Å². The van der Waals surface area contributed by atoms with Crippen LogP contribution < -0.4 is 40.4 Å². The summed E-state index contributed by atoms with van der Waals surface area (Å²) in [7, 11) is -1.32. The van der Waals surface area contributed by atoms with Crippen molar-refractivity contribution in [1.29, 1.82) is 0 Å². The van der Waals surface area contributed by atoms with Crippen molar-refractivity contribution in [2.45, 2.75) is 26.7 Å². The van der Waals surface area contributed by atoms with Crippen LogP contribution in [0, 0.1) is 18.7 Å². The summed E-state index contributed by atoms with van der Waals surface area (Å²) < 4.78 is 1.49. The van der Waals surface area contributed by atoms with Crippen molar-refractivity contribution < 1.29 is 49.5 Å². The van der Waals surface area contributed by atoms with Gasteiger partial charge in [0.15, 0.2) is 0 Å². The van der Waals surface area contributed by atoms with Crippen LogP contribution in [0.2, 0.25) is 0 Å². The molecule has 0 nitrogen and oxygen atoms in total. The first-order valence-electron chi connectivity index (χ1n) is 18.6. The van der Waals surface area contributed by atoms with Crippen LogP contribution in [0.5, 0.6) is 0 Å². The number of fused-ring (bicyclic) bond motifs is 7. The van der Waals surface area contributed by atoms with E-state index in [1.54, 1.807) is 0 Å². The Morgan fingerprint density at radius 1 is 0.509 bits per heavy atom. The smallest absolute Gasteiger partial charge is 1.00 e. The van der Waals surface area contributed by atoms with E-state index in [1.807, 2.05) is 0 Å². The van der Waals surface area contributed by atoms with E-state index in [9.17, 15) is 0 Å². The topological polar surface area (TPSA) is 0 Å². The molecular weight excluding hydrogens is 803 g/mol. The first-order chi connectivity index (χ1) is 26.0. The fourth-order valence-corrected chi connectivity index (χ4v) is 13.2. The van der Waals surface area contributed by atoms with Gasteiger partial charge in [-0.25, -0.2) is 0 Å². The first-order valence-corrected chi connectivity index (χ1v) is 21.3. The van der Waals surface area contributed by atoms with Crippen LogP contribution >= 0.6 is 0 Å². The Balaban J connectivity index is 0.00000214. The van der Waals surface area contributed by atoms with Gasteiger partial charge in [-0.1, -0.05) is 6.07 Å². The van der Waals surface area contributed by atoms with Crippen LogP contribution in [0.15, 0.2) is 163 Å². The molecule has 0 spiro atoms. The molecule has 0 saturated carbocycles. The molecule has 8 aromatic carbocycles. The molecule has 0 heterocycles. The SMILES string of the molecule is CC1=Cc2c(-c3cc4ccccc4c4ccccc34)cccc2C1c1c(C)c(=[Si](c2ccccc2)c2ccccc2)cc2c1=[C]([Zr+2])c1cc(C)ccc1-2.[Cl-].[Cl-]. The van der Waals surface area contributed by atoms with Crippen LogP contribution in [-0.4, -0.2) is 8.41 Å². The zero-order valence-electron chi connectivity index (χ0n) is 30.9. The van der Waals surface area contributed by atoms with Crippen LogP contribution in [-0.2, 0) is 24.7 Å². The van der Waals surface area contributed by atoms with Crippen LogP contribution in [0.4, 0.5) is 0 Å². The van der Waals surface area contributed by atoms with E-state index in [0.717, 1.165) is 0 Å². The molecule has 0 amide bonds. The molecule has 1 unspecified atom stereocenters. The number of rotatable bonds is 4. The molecular formula is C51H37Cl2SiZr. The Hall–Kier alpha value is -4.43. The van der Waals surface area contributed by atoms with Crippen molar-refractivity contribution in [3.05, 3.63) is 207 Å². The van der Waals surface area contributed by atoms with Crippen molar-refractivity contribution in [1.82, 2.24) is 0 Å². The number of aryl methyl sites for hydroxylation is 1. The van der Waals surface area contributed by atoms with E-state index in [1.165, 1.54) is 131 Å². The first kappa shape index (κ1) is 37.5. The van der Waals surface area contributed by atoms with E-state index in [-0.39, 0.29) is 30.7 Å². The van der Waals surface area contributed by atoms with Gasteiger partial charge in [-0.15, -0.1) is 0 Å². The Bertz CT molecular complexity index is 2940. The monoisotopic (exact) mass is 837 g/mol. The fraction of sp³-hybridized carbons (Fsp3) is 0.0784. The number of benzene rings is 8. The minimum absolute atomic E-state index is 0. The second-order valence-corrected chi connectivity index (χ2v) is 18.4. The second kappa shape index (κ2) is 14.9. The Kier molecular flexibility index (Phi) is 10.2. The van der Waals surface area contributed by atoms with Gasteiger partial charge in [-0.3, -0.25) is 0 Å². The van der Waals surface area contributed by atoms with Crippen LogP contribution in [0.3, 0.4) is 0 Å². The Labute approximate surface area is 352 Å². The molecule has 0 radical (unpaired) electrons. The molecule has 0 saturated heterocycles. The molecule has 0 N–H and O–H groups in total. The molecule has 10 rings (SSSR count). The standard InChI is InChI=1S/C51H37Si.2ClH.Zr/c1-32-25-26-40-36(27-32)30-48-47(40)31-49(52(37-16-6-4-7-17-37)38-18-8-5-9-19-38)34(3)51(48)50-33(2)28-45-43(23-14-24-44(45)50)46-29-35-15-10-11-20-39(35)41-21-12-13-22-42(41)46;;;/h4-29,31,50H,1-3H3;2*1H;/q;;;+2/p-2. The molecule has 2 aliphatic rings. The van der Waals surface area contributed by atoms with Gasteiger partial charge in [0.25, 0.3) is 0 Å². The number of hydrogen-bond donors (Lipinski definition) is 0. The molecule has 0 bridgehead atoms. The number of hydrogen-bond acceptors (Lipinski definition) is 0.